The first-order valence-electron chi connectivity index (χ1n) is 10.5. The molecule has 0 atom stereocenters. The molecular weight excluding hydrogens is 645 g/mol. The van der Waals surface area contributed by atoms with Crippen molar-refractivity contribution in [3.8, 4) is 0 Å². The topological polar surface area (TPSA) is 186 Å². The van der Waals surface area contributed by atoms with Crippen LogP contribution in [0.2, 0.25) is 0 Å². The molecular formula is C18H32N2O11S7. The lowest BCUT2D eigenvalue weighted by Gasteiger charge is -2.14. The molecule has 13 nitrogen and oxygen atoms in total. The molecule has 1 saturated heterocycles. The van der Waals surface area contributed by atoms with Crippen molar-refractivity contribution in [1.29, 1.82) is 0 Å². The van der Waals surface area contributed by atoms with Gasteiger partial charge in [-0.25, -0.2) is 0 Å². The molecule has 0 aromatic carbocycles. The zero-order chi connectivity index (χ0) is 29.8. The van der Waals surface area contributed by atoms with Crippen LogP contribution in [0.4, 0.5) is 0 Å². The molecule has 0 aromatic rings. The second-order valence-corrected chi connectivity index (χ2v) is 14.5. The Morgan fingerprint density at radius 2 is 1.42 bits per heavy atom. The van der Waals surface area contributed by atoms with Gasteiger partial charge in [0.1, 0.15) is 7.85 Å². The van der Waals surface area contributed by atoms with Crippen molar-refractivity contribution in [3.63, 3.8) is 0 Å². The first-order valence-corrected chi connectivity index (χ1v) is 17.5. The van der Waals surface area contributed by atoms with E-state index in [9.17, 15) is 31.2 Å². The third kappa shape index (κ3) is 21.3. The first-order chi connectivity index (χ1) is 17.7. The average molecular weight is 677 g/mol. The Hall–Kier alpha value is -0.580. The van der Waals surface area contributed by atoms with Crippen LogP contribution in [-0.2, 0) is 52.5 Å². The molecule has 0 aromatic heterocycles. The van der Waals surface area contributed by atoms with Gasteiger partial charge in [0, 0.05) is 13.1 Å². The smallest absolute Gasteiger partial charge is 0.316 e. The van der Waals surface area contributed by atoms with Gasteiger partial charge in [-0.2, -0.15) is 16.8 Å². The van der Waals surface area contributed by atoms with E-state index in [0.29, 0.717) is 13.6 Å². The maximum absolute atomic E-state index is 11.2. The van der Waals surface area contributed by atoms with Crippen molar-refractivity contribution in [2.75, 3.05) is 69.3 Å². The number of thioether (sulfide) groups is 3. The molecule has 1 heterocycles. The van der Waals surface area contributed by atoms with Crippen LogP contribution in [-0.4, -0.2) is 117 Å². The number of thiocarbonyl (C=S) groups is 2. The Bertz CT molecular complexity index is 939. The highest BCUT2D eigenvalue weighted by Gasteiger charge is 2.27. The predicted octanol–water partition coefficient (Wildman–Crippen LogP) is 0.608. The van der Waals surface area contributed by atoms with Crippen LogP contribution in [0.15, 0.2) is 0 Å². The number of esters is 2. The largest absolute Gasteiger partial charge is 0.468 e. The van der Waals surface area contributed by atoms with Gasteiger partial charge < -0.3 is 15.2 Å². The zero-order valence-corrected chi connectivity index (χ0v) is 27.0. The van der Waals surface area contributed by atoms with E-state index in [4.69, 9.17) is 30.2 Å². The molecule has 1 aliphatic heterocycles. The van der Waals surface area contributed by atoms with Gasteiger partial charge in [0.15, 0.2) is 0 Å². The van der Waals surface area contributed by atoms with Crippen LogP contribution in [0.25, 0.3) is 0 Å². The summed E-state index contributed by atoms with van der Waals surface area (Å²) < 4.78 is 62.2. The van der Waals surface area contributed by atoms with Crippen LogP contribution >= 0.6 is 59.7 Å². The van der Waals surface area contributed by atoms with Crippen molar-refractivity contribution < 1.29 is 49.1 Å². The molecule has 2 N–H and O–H groups in total. The van der Waals surface area contributed by atoms with Gasteiger partial charge in [-0.05, 0) is 13.8 Å². The minimum absolute atomic E-state index is 0.0764. The Morgan fingerprint density at radius 3 is 1.76 bits per heavy atom. The third-order valence-corrected chi connectivity index (χ3v) is 10.1. The second kappa shape index (κ2) is 22.1. The van der Waals surface area contributed by atoms with Crippen molar-refractivity contribution in [2.24, 2.45) is 5.73 Å². The number of rotatable bonds is 13. The minimum Gasteiger partial charge on any atom is -0.468 e. The number of ether oxygens (including phenoxy) is 2. The summed E-state index contributed by atoms with van der Waals surface area (Å²) in [5.41, 5.74) is 4.99. The third-order valence-electron chi connectivity index (χ3n) is 3.44. The summed E-state index contributed by atoms with van der Waals surface area (Å²) in [5.74, 6) is -0.488. The summed E-state index contributed by atoms with van der Waals surface area (Å²) in [6.45, 7) is 3.69. The van der Waals surface area contributed by atoms with Crippen LogP contribution in [0.5, 0.6) is 0 Å². The number of methoxy groups -OCH3 is 2. The quantitative estimate of drug-likeness (QED) is 0.162. The van der Waals surface area contributed by atoms with Gasteiger partial charge in [0.25, 0.3) is 20.2 Å². The van der Waals surface area contributed by atoms with Crippen LogP contribution in [0, 0.1) is 0 Å². The van der Waals surface area contributed by atoms with Gasteiger partial charge in [-0.15, -0.1) is 0 Å². The molecule has 1 aliphatic rings. The van der Waals surface area contributed by atoms with E-state index in [1.165, 1.54) is 54.4 Å². The molecule has 0 radical (unpaired) electrons. The Balaban J connectivity index is 0. The van der Waals surface area contributed by atoms with Gasteiger partial charge in [0.2, 0.25) is 5.91 Å². The second-order valence-electron chi connectivity index (χ2n) is 6.20. The van der Waals surface area contributed by atoms with Gasteiger partial charge >= 0.3 is 11.9 Å². The highest BCUT2D eigenvalue weighted by atomic mass is 32.2. The molecule has 0 bridgehead atoms. The zero-order valence-electron chi connectivity index (χ0n) is 21.2. The van der Waals surface area contributed by atoms with Gasteiger partial charge in [-0.1, -0.05) is 59.7 Å². The van der Waals surface area contributed by atoms with Crippen molar-refractivity contribution in [1.82, 2.24) is 4.90 Å². The normalized spacial score (nSPS) is 13.1. The molecule has 20 heteroatoms. The summed E-state index contributed by atoms with van der Waals surface area (Å²) in [6, 6.07) is 0. The minimum atomic E-state index is -3.53. The average Bonchev–Trinajstić information content (AvgIpc) is 3.17. The van der Waals surface area contributed by atoms with E-state index in [1.807, 2.05) is 0 Å². The lowest BCUT2D eigenvalue weighted by molar-refractivity contribution is -0.138. The van der Waals surface area contributed by atoms with E-state index in [1.54, 1.807) is 13.8 Å². The lowest BCUT2D eigenvalue weighted by atomic mass is 10.5. The van der Waals surface area contributed by atoms with E-state index >= 15 is 0 Å². The molecule has 0 unspecified atom stereocenters. The number of carbonyl (C=O) groups excluding carboxylic acids is 3. The summed E-state index contributed by atoms with van der Waals surface area (Å²) in [6.07, 6.45) is 0. The SMILES string of the molecule is CCOS(=O)(=O)CCN.CCOS(=O)(=O)CCN1C(=O)CSC1=S.COC(=O)CSC(=S)SCC(=O)OC. The number of carbonyl (C=O) groups is 3. The van der Waals surface area contributed by atoms with Crippen molar-refractivity contribution in [3.05, 3.63) is 0 Å². The summed E-state index contributed by atoms with van der Waals surface area (Å²) >= 11 is 13.4. The van der Waals surface area contributed by atoms with E-state index in [-0.39, 0.29) is 67.2 Å². The highest BCUT2D eigenvalue weighted by molar-refractivity contribution is 8.47. The molecule has 1 amide bonds. The number of amides is 1. The number of hydrogen-bond donors (Lipinski definition) is 1. The van der Waals surface area contributed by atoms with E-state index < -0.39 is 20.2 Å². The maximum atomic E-state index is 11.2. The first kappa shape index (κ1) is 39.6. The van der Waals surface area contributed by atoms with Crippen molar-refractivity contribution in [2.45, 2.75) is 13.8 Å². The summed E-state index contributed by atoms with van der Waals surface area (Å²) in [4.78, 5) is 34.0. The fourth-order valence-electron chi connectivity index (χ4n) is 1.82. The molecule has 0 spiro atoms. The molecule has 0 saturated carbocycles. The van der Waals surface area contributed by atoms with Crippen LogP contribution < -0.4 is 5.73 Å². The highest BCUT2D eigenvalue weighted by Crippen LogP contribution is 2.19. The number of hydrogen-bond acceptors (Lipinski definition) is 17. The fourth-order valence-corrected chi connectivity index (χ4v) is 6.33. The Morgan fingerprint density at radius 1 is 0.974 bits per heavy atom. The van der Waals surface area contributed by atoms with Crippen molar-refractivity contribution >= 4 is 106 Å². The number of nitrogens with two attached hydrogens (primary N) is 1. The molecule has 1 fully saturated rings. The van der Waals surface area contributed by atoms with Crippen LogP contribution in [0.3, 0.4) is 0 Å². The fraction of sp³-hybridized carbons (Fsp3) is 0.722. The van der Waals surface area contributed by atoms with E-state index in [2.05, 4.69) is 17.8 Å². The Kier molecular flexibility index (Phi) is 23.1. The molecule has 1 rings (SSSR count). The van der Waals surface area contributed by atoms with Gasteiger partial charge in [0.05, 0.1) is 56.2 Å². The summed E-state index contributed by atoms with van der Waals surface area (Å²) in [7, 11) is -4.21. The Labute approximate surface area is 247 Å². The lowest BCUT2D eigenvalue weighted by Crippen LogP contribution is -2.33. The van der Waals surface area contributed by atoms with E-state index in [0.717, 1.165) is 0 Å². The van der Waals surface area contributed by atoms with Gasteiger partial charge in [-0.3, -0.25) is 27.6 Å². The molecule has 222 valence electrons. The van der Waals surface area contributed by atoms with Crippen LogP contribution in [0.1, 0.15) is 13.8 Å². The summed E-state index contributed by atoms with van der Waals surface area (Å²) in [5, 5.41) is 0. The maximum Gasteiger partial charge on any atom is 0.316 e. The standard InChI is InChI=1S/C7H11NO4S3.C7H10O4S3.C4H11NO3S/c1-2-12-15(10,11)4-3-8-6(9)5-14-7(8)13;1-10-5(8)3-13-7(12)14-4-6(9)11-2;1-2-8-9(6,7)4-3-5/h2-5H2,1H3;3-4H2,1-2H3;2-5H2,1H3. The molecule has 38 heavy (non-hydrogen) atoms. The monoisotopic (exact) mass is 676 g/mol. The predicted molar refractivity (Wildman–Crippen MR) is 158 cm³/mol. The molecule has 0 aliphatic carbocycles. The number of nitrogens with zero attached hydrogens (tertiary/aromatic N) is 1.